The molecule has 2 aliphatic heterocycles. The van der Waals surface area contributed by atoms with E-state index in [1.165, 1.54) is 0 Å². The molecule has 2 atom stereocenters. The molecule has 2 fully saturated rings. The number of amides is 2. The van der Waals surface area contributed by atoms with E-state index in [4.69, 9.17) is 0 Å². The van der Waals surface area contributed by atoms with Crippen molar-refractivity contribution in [3.63, 3.8) is 0 Å². The zero-order valence-electron chi connectivity index (χ0n) is 15.6. The predicted molar refractivity (Wildman–Crippen MR) is 99.3 cm³/mol. The van der Waals surface area contributed by atoms with Crippen molar-refractivity contribution < 1.29 is 9.59 Å². The highest BCUT2D eigenvalue weighted by molar-refractivity contribution is 5.85. The van der Waals surface area contributed by atoms with Gasteiger partial charge in [-0.15, -0.1) is 12.4 Å². The van der Waals surface area contributed by atoms with Crippen LogP contribution in [0.3, 0.4) is 0 Å². The van der Waals surface area contributed by atoms with E-state index in [0.29, 0.717) is 12.6 Å². The Hall–Kier alpha value is -0.810. The van der Waals surface area contributed by atoms with Gasteiger partial charge in [-0.05, 0) is 32.2 Å². The second kappa shape index (κ2) is 9.04. The van der Waals surface area contributed by atoms with E-state index < -0.39 is 0 Å². The lowest BCUT2D eigenvalue weighted by molar-refractivity contribution is -0.146. The summed E-state index contributed by atoms with van der Waals surface area (Å²) in [4.78, 5) is 29.6. The summed E-state index contributed by atoms with van der Waals surface area (Å²) in [6, 6.07) is 0.330. The second-order valence-electron chi connectivity index (χ2n) is 8.02. The molecule has 2 rings (SSSR count). The monoisotopic (exact) mass is 359 g/mol. The molecule has 0 spiro atoms. The first-order valence-corrected chi connectivity index (χ1v) is 9.15. The summed E-state index contributed by atoms with van der Waals surface area (Å²) in [5, 5.41) is 3.36. The molecule has 2 amide bonds. The highest BCUT2D eigenvalue weighted by Gasteiger charge is 2.36. The maximum absolute atomic E-state index is 13.1. The minimum atomic E-state index is -0.372. The first-order chi connectivity index (χ1) is 10.8. The lowest BCUT2D eigenvalue weighted by Gasteiger charge is -2.39. The number of nitrogens with one attached hydrogen (secondary N) is 1. The van der Waals surface area contributed by atoms with Crippen molar-refractivity contribution in [2.75, 3.05) is 32.7 Å². The SMILES string of the molecule is CCCN(C(=O)C1CCCN(C(=O)C(C)(C)C)C1)C1CCNC1.Cl. The molecular formula is C18H34ClN3O2. The van der Waals surface area contributed by atoms with Crippen LogP contribution in [0, 0.1) is 11.3 Å². The maximum atomic E-state index is 13.1. The lowest BCUT2D eigenvalue weighted by Crippen LogP contribution is -2.51. The summed E-state index contributed by atoms with van der Waals surface area (Å²) in [7, 11) is 0. The van der Waals surface area contributed by atoms with E-state index in [1.807, 2.05) is 25.7 Å². The largest absolute Gasteiger partial charge is 0.341 e. The van der Waals surface area contributed by atoms with Gasteiger partial charge in [0.2, 0.25) is 11.8 Å². The van der Waals surface area contributed by atoms with E-state index >= 15 is 0 Å². The number of nitrogens with zero attached hydrogens (tertiary/aromatic N) is 2. The standard InChI is InChI=1S/C18H33N3O2.ClH/c1-5-10-21(15-8-9-19-12-15)16(22)14-7-6-11-20(13-14)17(23)18(2,3)4;/h14-15,19H,5-13H2,1-4H3;1H. The average Bonchev–Trinajstić information content (AvgIpc) is 3.04. The predicted octanol–water partition coefficient (Wildman–Crippen LogP) is 2.29. The summed E-state index contributed by atoms with van der Waals surface area (Å²) in [5.41, 5.74) is -0.372. The number of carbonyl (C=O) groups excluding carboxylic acids is 2. The first-order valence-electron chi connectivity index (χ1n) is 9.15. The van der Waals surface area contributed by atoms with Gasteiger partial charge in [-0.1, -0.05) is 27.7 Å². The normalized spacial score (nSPS) is 24.4. The molecular weight excluding hydrogens is 326 g/mol. The fourth-order valence-corrected chi connectivity index (χ4v) is 3.69. The van der Waals surface area contributed by atoms with Crippen LogP contribution < -0.4 is 5.32 Å². The number of piperidine rings is 1. The number of hydrogen-bond acceptors (Lipinski definition) is 3. The van der Waals surface area contributed by atoms with E-state index in [0.717, 1.165) is 51.9 Å². The maximum Gasteiger partial charge on any atom is 0.227 e. The molecule has 0 aromatic rings. The Kier molecular flexibility index (Phi) is 8.00. The lowest BCUT2D eigenvalue weighted by atomic mass is 9.90. The fraction of sp³-hybridized carbons (Fsp3) is 0.889. The van der Waals surface area contributed by atoms with Gasteiger partial charge < -0.3 is 15.1 Å². The van der Waals surface area contributed by atoms with Gasteiger partial charge in [0.25, 0.3) is 0 Å². The highest BCUT2D eigenvalue weighted by atomic mass is 35.5. The molecule has 2 saturated heterocycles. The number of halogens is 1. The molecule has 2 aliphatic rings. The second-order valence-corrected chi connectivity index (χ2v) is 8.02. The Morgan fingerprint density at radius 3 is 2.50 bits per heavy atom. The van der Waals surface area contributed by atoms with E-state index in [1.54, 1.807) is 0 Å². The molecule has 24 heavy (non-hydrogen) atoms. The smallest absolute Gasteiger partial charge is 0.227 e. The zero-order valence-corrected chi connectivity index (χ0v) is 16.5. The average molecular weight is 360 g/mol. The van der Waals surface area contributed by atoms with Crippen LogP contribution in [-0.2, 0) is 9.59 Å². The molecule has 140 valence electrons. The van der Waals surface area contributed by atoms with E-state index in [2.05, 4.69) is 17.1 Å². The quantitative estimate of drug-likeness (QED) is 0.837. The van der Waals surface area contributed by atoms with Crippen molar-refractivity contribution in [3.8, 4) is 0 Å². The molecule has 0 saturated carbocycles. The third kappa shape index (κ3) is 5.09. The van der Waals surface area contributed by atoms with Crippen molar-refractivity contribution in [1.29, 1.82) is 0 Å². The molecule has 0 aromatic heterocycles. The zero-order chi connectivity index (χ0) is 17.0. The molecule has 2 unspecified atom stereocenters. The molecule has 0 aromatic carbocycles. The van der Waals surface area contributed by atoms with Gasteiger partial charge in [0.05, 0.1) is 5.92 Å². The summed E-state index contributed by atoms with van der Waals surface area (Å²) in [5.74, 6) is 0.397. The molecule has 0 bridgehead atoms. The van der Waals surface area contributed by atoms with Crippen molar-refractivity contribution in [3.05, 3.63) is 0 Å². The molecule has 5 nitrogen and oxygen atoms in total. The van der Waals surface area contributed by atoms with Crippen LogP contribution in [0.25, 0.3) is 0 Å². The van der Waals surface area contributed by atoms with Gasteiger partial charge in [-0.25, -0.2) is 0 Å². The van der Waals surface area contributed by atoms with Crippen LogP contribution in [0.2, 0.25) is 0 Å². The van der Waals surface area contributed by atoms with Crippen LogP contribution in [0.1, 0.15) is 53.4 Å². The van der Waals surface area contributed by atoms with Gasteiger partial charge in [-0.2, -0.15) is 0 Å². The number of carbonyl (C=O) groups is 2. The van der Waals surface area contributed by atoms with Gasteiger partial charge in [0.15, 0.2) is 0 Å². The molecule has 0 aliphatic carbocycles. The summed E-state index contributed by atoms with van der Waals surface area (Å²) < 4.78 is 0. The summed E-state index contributed by atoms with van der Waals surface area (Å²) in [6.45, 7) is 12.1. The van der Waals surface area contributed by atoms with E-state index in [9.17, 15) is 9.59 Å². The van der Waals surface area contributed by atoms with Crippen LogP contribution in [0.5, 0.6) is 0 Å². The fourth-order valence-electron chi connectivity index (χ4n) is 3.69. The number of rotatable bonds is 4. The van der Waals surface area contributed by atoms with Gasteiger partial charge >= 0.3 is 0 Å². The van der Waals surface area contributed by atoms with Crippen LogP contribution in [0.4, 0.5) is 0 Å². The first kappa shape index (κ1) is 21.2. The van der Waals surface area contributed by atoms with Crippen molar-refractivity contribution in [1.82, 2.24) is 15.1 Å². The van der Waals surface area contributed by atoms with Crippen molar-refractivity contribution in [2.24, 2.45) is 11.3 Å². The Morgan fingerprint density at radius 2 is 1.96 bits per heavy atom. The topological polar surface area (TPSA) is 52.7 Å². The van der Waals surface area contributed by atoms with Gasteiger partial charge in [-0.3, -0.25) is 9.59 Å². The Balaban J connectivity index is 0.00000288. The number of likely N-dealkylation sites (tertiary alicyclic amines) is 1. The molecule has 6 heteroatoms. The van der Waals surface area contributed by atoms with Crippen molar-refractivity contribution >= 4 is 24.2 Å². The van der Waals surface area contributed by atoms with Crippen LogP contribution in [-0.4, -0.2) is 60.4 Å². The Bertz CT molecular complexity index is 430. The summed E-state index contributed by atoms with van der Waals surface area (Å²) >= 11 is 0. The van der Waals surface area contributed by atoms with Gasteiger partial charge in [0.1, 0.15) is 0 Å². The number of hydrogen-bond donors (Lipinski definition) is 1. The highest BCUT2D eigenvalue weighted by Crippen LogP contribution is 2.25. The third-order valence-corrected chi connectivity index (χ3v) is 4.92. The van der Waals surface area contributed by atoms with E-state index in [-0.39, 0.29) is 35.6 Å². The van der Waals surface area contributed by atoms with Crippen molar-refractivity contribution in [2.45, 2.75) is 59.4 Å². The van der Waals surface area contributed by atoms with Crippen LogP contribution in [0.15, 0.2) is 0 Å². The summed E-state index contributed by atoms with van der Waals surface area (Å²) in [6.07, 6.45) is 3.87. The molecule has 2 heterocycles. The van der Waals surface area contributed by atoms with Crippen LogP contribution >= 0.6 is 12.4 Å². The Morgan fingerprint density at radius 1 is 1.25 bits per heavy atom. The molecule has 1 N–H and O–H groups in total. The van der Waals surface area contributed by atoms with Gasteiger partial charge in [0, 0.05) is 37.6 Å². The minimum Gasteiger partial charge on any atom is -0.341 e. The Labute approximate surface area is 152 Å². The minimum absolute atomic E-state index is 0. The molecule has 0 radical (unpaired) electrons. The third-order valence-electron chi connectivity index (χ3n) is 4.92.